The summed E-state index contributed by atoms with van der Waals surface area (Å²) in [5.41, 5.74) is 0.517. The van der Waals surface area contributed by atoms with Gasteiger partial charge in [0.25, 0.3) is 0 Å². The molecule has 0 unspecified atom stereocenters. The molecule has 4 rings (SSSR count). The van der Waals surface area contributed by atoms with E-state index in [4.69, 9.17) is 21.4 Å². The second kappa shape index (κ2) is 9.47. The summed E-state index contributed by atoms with van der Waals surface area (Å²) in [5, 5.41) is 15.5. The van der Waals surface area contributed by atoms with Crippen LogP contribution in [0.25, 0.3) is 16.9 Å². The Morgan fingerprint density at radius 3 is 2.62 bits per heavy atom. The number of benzene rings is 1. The van der Waals surface area contributed by atoms with Crippen molar-refractivity contribution in [1.29, 1.82) is 0 Å². The van der Waals surface area contributed by atoms with Gasteiger partial charge < -0.3 is 15.2 Å². The average molecular weight is 464 g/mol. The summed E-state index contributed by atoms with van der Waals surface area (Å²) in [5.74, 6) is -1.01. The number of nitrogens with one attached hydrogen (secondary N) is 1. The van der Waals surface area contributed by atoms with Gasteiger partial charge in [-0.15, -0.1) is 0 Å². The van der Waals surface area contributed by atoms with E-state index in [1.807, 2.05) is 0 Å². The van der Waals surface area contributed by atoms with Gasteiger partial charge in [-0.2, -0.15) is 5.10 Å². The minimum absolute atomic E-state index is 0.0485. The lowest BCUT2D eigenvalue weighted by Gasteiger charge is -2.28. The Balaban J connectivity index is 1.50. The molecule has 1 fully saturated rings. The van der Waals surface area contributed by atoms with Crippen molar-refractivity contribution in [2.45, 2.75) is 31.7 Å². The van der Waals surface area contributed by atoms with Crippen LogP contribution in [-0.4, -0.2) is 43.6 Å². The van der Waals surface area contributed by atoms with Crippen molar-refractivity contribution in [1.82, 2.24) is 25.1 Å². The number of para-hydroxylation sites is 1. The van der Waals surface area contributed by atoms with E-state index < -0.39 is 17.7 Å². The van der Waals surface area contributed by atoms with Crippen LogP contribution >= 0.6 is 11.6 Å². The summed E-state index contributed by atoms with van der Waals surface area (Å²) in [4.78, 5) is 19.0. The molecule has 1 aliphatic carbocycles. The highest BCUT2D eigenvalue weighted by atomic mass is 35.5. The Morgan fingerprint density at radius 1 is 1.22 bits per heavy atom. The largest absolute Gasteiger partial charge is 0.488 e. The van der Waals surface area contributed by atoms with Crippen LogP contribution in [0.1, 0.15) is 25.7 Å². The predicted molar refractivity (Wildman–Crippen MR) is 112 cm³/mol. The summed E-state index contributed by atoms with van der Waals surface area (Å²) >= 11 is 6.25. The zero-order valence-electron chi connectivity index (χ0n) is 16.8. The molecule has 2 heterocycles. The summed E-state index contributed by atoms with van der Waals surface area (Å²) in [6, 6.07) is 3.53. The SMILES string of the molecule is O=C(O)NC1CCC(COc2c(Cl)ncnc2-c2cnn(-c3c(F)cccc3F)c2)CC1. The van der Waals surface area contributed by atoms with Crippen LogP contribution in [-0.2, 0) is 0 Å². The van der Waals surface area contributed by atoms with Crippen molar-refractivity contribution in [3.05, 3.63) is 53.7 Å². The first-order valence-corrected chi connectivity index (χ1v) is 10.4. The minimum atomic E-state index is -1.02. The zero-order chi connectivity index (χ0) is 22.7. The Kier molecular flexibility index (Phi) is 6.50. The molecule has 11 heteroatoms. The molecule has 0 bridgehead atoms. The Labute approximate surface area is 187 Å². The first-order valence-electron chi connectivity index (χ1n) is 10.0. The van der Waals surface area contributed by atoms with E-state index >= 15 is 0 Å². The van der Waals surface area contributed by atoms with E-state index in [2.05, 4.69) is 20.4 Å². The van der Waals surface area contributed by atoms with Gasteiger partial charge in [-0.3, -0.25) is 0 Å². The summed E-state index contributed by atoms with van der Waals surface area (Å²) in [6.45, 7) is 0.357. The van der Waals surface area contributed by atoms with Crippen LogP contribution in [0.15, 0.2) is 36.9 Å². The Morgan fingerprint density at radius 2 is 1.94 bits per heavy atom. The molecular formula is C21H20ClF2N5O3. The molecule has 0 spiro atoms. The molecule has 32 heavy (non-hydrogen) atoms. The smallest absolute Gasteiger partial charge is 0.404 e. The molecule has 0 radical (unpaired) electrons. The maximum Gasteiger partial charge on any atom is 0.404 e. The first-order chi connectivity index (χ1) is 15.4. The van der Waals surface area contributed by atoms with Gasteiger partial charge in [0.15, 0.2) is 22.5 Å². The van der Waals surface area contributed by atoms with E-state index in [9.17, 15) is 13.6 Å². The normalized spacial score (nSPS) is 18.3. The van der Waals surface area contributed by atoms with Crippen molar-refractivity contribution < 1.29 is 23.4 Å². The third-order valence-corrected chi connectivity index (χ3v) is 5.69. The predicted octanol–water partition coefficient (Wildman–Crippen LogP) is 4.47. The quantitative estimate of drug-likeness (QED) is 0.523. The van der Waals surface area contributed by atoms with Gasteiger partial charge in [0, 0.05) is 17.8 Å². The lowest BCUT2D eigenvalue weighted by Crippen LogP contribution is -2.37. The molecule has 1 saturated carbocycles. The van der Waals surface area contributed by atoms with Crippen LogP contribution < -0.4 is 10.1 Å². The van der Waals surface area contributed by atoms with Crippen LogP contribution in [0.4, 0.5) is 13.6 Å². The number of amides is 1. The fourth-order valence-electron chi connectivity index (χ4n) is 3.81. The number of hydrogen-bond donors (Lipinski definition) is 2. The molecule has 0 saturated heterocycles. The summed E-state index contributed by atoms with van der Waals surface area (Å²) < 4.78 is 35.3. The number of carbonyl (C=O) groups is 1. The van der Waals surface area contributed by atoms with Crippen molar-refractivity contribution >= 4 is 17.7 Å². The third kappa shape index (κ3) is 4.80. The van der Waals surface area contributed by atoms with Gasteiger partial charge in [-0.25, -0.2) is 28.2 Å². The van der Waals surface area contributed by atoms with Gasteiger partial charge in [-0.05, 0) is 43.7 Å². The summed E-state index contributed by atoms with van der Waals surface area (Å²) in [6.07, 6.45) is 6.18. The molecule has 2 aromatic heterocycles. The average Bonchev–Trinajstić information content (AvgIpc) is 3.23. The molecule has 2 N–H and O–H groups in total. The number of carboxylic acid groups (broad SMARTS) is 1. The van der Waals surface area contributed by atoms with Crippen molar-refractivity contribution in [3.8, 4) is 22.7 Å². The van der Waals surface area contributed by atoms with Crippen molar-refractivity contribution in [2.75, 3.05) is 6.61 Å². The highest BCUT2D eigenvalue weighted by Gasteiger charge is 2.24. The highest BCUT2D eigenvalue weighted by molar-refractivity contribution is 6.31. The lowest BCUT2D eigenvalue weighted by molar-refractivity contribution is 0.169. The molecular weight excluding hydrogens is 444 g/mol. The Hall–Kier alpha value is -3.27. The van der Waals surface area contributed by atoms with Gasteiger partial charge in [0.2, 0.25) is 0 Å². The molecule has 3 aromatic rings. The number of hydrogen-bond acceptors (Lipinski definition) is 5. The molecule has 0 atom stereocenters. The van der Waals surface area contributed by atoms with E-state index in [0.29, 0.717) is 17.9 Å². The van der Waals surface area contributed by atoms with Gasteiger partial charge in [0.1, 0.15) is 17.7 Å². The van der Waals surface area contributed by atoms with Crippen LogP contribution in [0, 0.1) is 17.6 Å². The van der Waals surface area contributed by atoms with E-state index in [1.54, 1.807) is 0 Å². The number of aromatic nitrogens is 4. The topological polar surface area (TPSA) is 102 Å². The monoisotopic (exact) mass is 463 g/mol. The number of rotatable bonds is 6. The number of halogens is 3. The molecule has 8 nitrogen and oxygen atoms in total. The van der Waals surface area contributed by atoms with Crippen molar-refractivity contribution in [2.24, 2.45) is 5.92 Å². The Bertz CT molecular complexity index is 1100. The first kappa shape index (κ1) is 21.9. The van der Waals surface area contributed by atoms with Crippen LogP contribution in [0.5, 0.6) is 5.75 Å². The van der Waals surface area contributed by atoms with E-state index in [1.165, 1.54) is 24.8 Å². The third-order valence-electron chi connectivity index (χ3n) is 5.42. The maximum absolute atomic E-state index is 14.1. The molecule has 0 aliphatic heterocycles. The number of ether oxygens (including phenoxy) is 1. The molecule has 1 amide bonds. The second-order valence-electron chi connectivity index (χ2n) is 7.56. The van der Waals surface area contributed by atoms with Gasteiger partial charge in [0.05, 0.1) is 12.8 Å². The minimum Gasteiger partial charge on any atom is -0.488 e. The molecule has 1 aromatic carbocycles. The van der Waals surface area contributed by atoms with E-state index in [-0.39, 0.29) is 28.5 Å². The van der Waals surface area contributed by atoms with Crippen molar-refractivity contribution in [3.63, 3.8) is 0 Å². The summed E-state index contributed by atoms with van der Waals surface area (Å²) in [7, 11) is 0. The fraction of sp³-hybridized carbons (Fsp3) is 0.333. The second-order valence-corrected chi connectivity index (χ2v) is 7.92. The standard InChI is InChI=1S/C21H20ClF2N5O3/c22-20-19(32-10-12-4-6-14(7-5-12)28-21(30)31)17(25-11-26-20)13-8-27-29(9-13)18-15(23)2-1-3-16(18)24/h1-3,8-9,11-12,14,28H,4-7,10H2,(H,30,31). The molecule has 168 valence electrons. The fourth-order valence-corrected chi connectivity index (χ4v) is 4.00. The van der Waals surface area contributed by atoms with Crippen LogP contribution in [0.3, 0.4) is 0 Å². The lowest BCUT2D eigenvalue weighted by atomic mass is 9.86. The van der Waals surface area contributed by atoms with Gasteiger partial charge in [-0.1, -0.05) is 17.7 Å². The maximum atomic E-state index is 14.1. The van der Waals surface area contributed by atoms with Gasteiger partial charge >= 0.3 is 6.09 Å². The van der Waals surface area contributed by atoms with Crippen LogP contribution in [0.2, 0.25) is 5.15 Å². The zero-order valence-corrected chi connectivity index (χ0v) is 17.6. The highest BCUT2D eigenvalue weighted by Crippen LogP contribution is 2.35. The number of nitrogens with zero attached hydrogens (tertiary/aromatic N) is 4. The van der Waals surface area contributed by atoms with E-state index in [0.717, 1.165) is 42.5 Å². The molecule has 1 aliphatic rings.